The molecule has 0 atom stereocenters. The summed E-state index contributed by atoms with van der Waals surface area (Å²) in [6.07, 6.45) is 1.50. The Bertz CT molecular complexity index is 438. The highest BCUT2D eigenvalue weighted by Crippen LogP contribution is 2.20. The zero-order valence-corrected chi connectivity index (χ0v) is 11.7. The number of nitrogens with one attached hydrogen (secondary N) is 1. The highest BCUT2D eigenvalue weighted by molar-refractivity contribution is 5.98. The molecule has 1 amide bonds. The van der Waals surface area contributed by atoms with Crippen molar-refractivity contribution in [3.8, 4) is 0 Å². The van der Waals surface area contributed by atoms with E-state index in [1.54, 1.807) is 6.07 Å². The first kappa shape index (κ1) is 14.5. The molecule has 4 nitrogen and oxygen atoms in total. The fourth-order valence-corrected chi connectivity index (χ4v) is 1.48. The van der Waals surface area contributed by atoms with Gasteiger partial charge in [-0.15, -0.1) is 0 Å². The van der Waals surface area contributed by atoms with Crippen molar-refractivity contribution < 1.29 is 14.0 Å². The van der Waals surface area contributed by atoms with E-state index in [4.69, 9.17) is 4.42 Å². The normalized spacial score (nSPS) is 11.7. The summed E-state index contributed by atoms with van der Waals surface area (Å²) in [5.41, 5.74) is 0.0663. The van der Waals surface area contributed by atoms with E-state index in [-0.39, 0.29) is 24.2 Å². The van der Waals surface area contributed by atoms with Crippen molar-refractivity contribution >= 4 is 11.7 Å². The lowest BCUT2D eigenvalue weighted by Crippen LogP contribution is -2.35. The largest absolute Gasteiger partial charge is 0.468 e. The lowest BCUT2D eigenvalue weighted by Gasteiger charge is -2.16. The Balaban J connectivity index is 2.67. The Morgan fingerprint density at radius 1 is 1.33 bits per heavy atom. The second kappa shape index (κ2) is 5.38. The second-order valence-electron chi connectivity index (χ2n) is 5.71. The molecule has 1 rings (SSSR count). The van der Waals surface area contributed by atoms with Crippen LogP contribution in [0, 0.1) is 5.41 Å². The molecular formula is C14H21NO3. The summed E-state index contributed by atoms with van der Waals surface area (Å²) < 4.78 is 5.28. The molecule has 0 radical (unpaired) electrons. The molecule has 100 valence electrons. The molecule has 1 aromatic rings. The first-order chi connectivity index (χ1) is 8.23. The highest BCUT2D eigenvalue weighted by Gasteiger charge is 2.23. The number of amides is 1. The van der Waals surface area contributed by atoms with Gasteiger partial charge in [-0.1, -0.05) is 34.6 Å². The first-order valence-corrected chi connectivity index (χ1v) is 6.12. The molecule has 0 aliphatic heterocycles. The number of Topliss-reactive ketones (excluding diaryl/α,β-unsaturated/α-hetero) is 1. The van der Waals surface area contributed by atoms with Gasteiger partial charge in [0.2, 0.25) is 0 Å². The topological polar surface area (TPSA) is 59.3 Å². The van der Waals surface area contributed by atoms with Crippen LogP contribution in [0.2, 0.25) is 0 Å². The molecule has 1 heterocycles. The molecule has 0 saturated heterocycles. The molecule has 0 bridgehead atoms. The van der Waals surface area contributed by atoms with Crippen molar-refractivity contribution in [2.75, 3.05) is 6.54 Å². The molecule has 0 aliphatic carbocycles. The smallest absolute Gasteiger partial charge is 0.255 e. The minimum Gasteiger partial charge on any atom is -0.468 e. The van der Waals surface area contributed by atoms with Crippen LogP contribution in [0.3, 0.4) is 0 Å². The third kappa shape index (κ3) is 3.45. The Kier molecular flexibility index (Phi) is 4.33. The summed E-state index contributed by atoms with van der Waals surface area (Å²) in [4.78, 5) is 23.7. The predicted molar refractivity (Wildman–Crippen MR) is 69.6 cm³/mol. The van der Waals surface area contributed by atoms with Gasteiger partial charge >= 0.3 is 0 Å². The maximum absolute atomic E-state index is 11.9. The van der Waals surface area contributed by atoms with Crippen LogP contribution in [-0.4, -0.2) is 18.2 Å². The fraction of sp³-hybridized carbons (Fsp3) is 0.571. The second-order valence-corrected chi connectivity index (χ2v) is 5.71. The summed E-state index contributed by atoms with van der Waals surface area (Å²) >= 11 is 0. The zero-order chi connectivity index (χ0) is 13.9. The van der Waals surface area contributed by atoms with Crippen molar-refractivity contribution in [1.29, 1.82) is 0 Å². The molecular weight excluding hydrogens is 230 g/mol. The van der Waals surface area contributed by atoms with E-state index in [0.29, 0.717) is 11.3 Å². The average Bonchev–Trinajstić information content (AvgIpc) is 2.72. The molecule has 0 fully saturated rings. The number of hydrogen-bond acceptors (Lipinski definition) is 3. The summed E-state index contributed by atoms with van der Waals surface area (Å²) in [5.74, 6) is 0.533. The van der Waals surface area contributed by atoms with Crippen molar-refractivity contribution in [3.05, 3.63) is 23.7 Å². The SMILES string of the molecule is CC(C)c1occc1C(=O)NCC(=O)C(C)(C)C. The van der Waals surface area contributed by atoms with Gasteiger partial charge in [-0.05, 0) is 6.07 Å². The van der Waals surface area contributed by atoms with E-state index in [1.165, 1.54) is 6.26 Å². The van der Waals surface area contributed by atoms with E-state index in [1.807, 2.05) is 34.6 Å². The van der Waals surface area contributed by atoms with Gasteiger partial charge in [0.25, 0.3) is 5.91 Å². The molecule has 0 aromatic carbocycles. The third-order valence-corrected chi connectivity index (χ3v) is 2.71. The van der Waals surface area contributed by atoms with Crippen LogP contribution in [0.1, 0.15) is 56.7 Å². The van der Waals surface area contributed by atoms with Crippen molar-refractivity contribution in [2.45, 2.75) is 40.5 Å². The summed E-state index contributed by atoms with van der Waals surface area (Å²) in [6, 6.07) is 1.63. The van der Waals surface area contributed by atoms with Gasteiger partial charge in [-0.25, -0.2) is 0 Å². The van der Waals surface area contributed by atoms with E-state index in [2.05, 4.69) is 5.32 Å². The lowest BCUT2D eigenvalue weighted by atomic mass is 9.91. The van der Waals surface area contributed by atoms with E-state index >= 15 is 0 Å². The monoisotopic (exact) mass is 251 g/mol. The molecule has 0 spiro atoms. The number of hydrogen-bond donors (Lipinski definition) is 1. The Morgan fingerprint density at radius 3 is 2.44 bits per heavy atom. The van der Waals surface area contributed by atoms with Crippen molar-refractivity contribution in [1.82, 2.24) is 5.32 Å². The highest BCUT2D eigenvalue weighted by atomic mass is 16.3. The maximum Gasteiger partial charge on any atom is 0.255 e. The first-order valence-electron chi connectivity index (χ1n) is 6.12. The van der Waals surface area contributed by atoms with Gasteiger partial charge in [-0.2, -0.15) is 0 Å². The maximum atomic E-state index is 11.9. The fourth-order valence-electron chi connectivity index (χ4n) is 1.48. The molecule has 0 unspecified atom stereocenters. The van der Waals surface area contributed by atoms with Crippen molar-refractivity contribution in [3.63, 3.8) is 0 Å². The molecule has 18 heavy (non-hydrogen) atoms. The van der Waals surface area contributed by atoms with Gasteiger partial charge in [0.1, 0.15) is 5.76 Å². The van der Waals surface area contributed by atoms with Gasteiger partial charge < -0.3 is 9.73 Å². The van der Waals surface area contributed by atoms with Gasteiger partial charge in [0, 0.05) is 11.3 Å². The van der Waals surface area contributed by atoms with Crippen LogP contribution in [0.5, 0.6) is 0 Å². The Labute approximate surface area is 108 Å². The summed E-state index contributed by atoms with van der Waals surface area (Å²) in [5, 5.41) is 2.64. The third-order valence-electron chi connectivity index (χ3n) is 2.71. The molecule has 1 aromatic heterocycles. The number of carbonyl (C=O) groups excluding carboxylic acids is 2. The lowest BCUT2D eigenvalue weighted by molar-refractivity contribution is -0.125. The van der Waals surface area contributed by atoms with E-state index in [9.17, 15) is 9.59 Å². The number of carbonyl (C=O) groups is 2. The van der Waals surface area contributed by atoms with Crippen LogP contribution in [0.25, 0.3) is 0 Å². The molecule has 0 saturated carbocycles. The van der Waals surface area contributed by atoms with E-state index in [0.717, 1.165) is 0 Å². The van der Waals surface area contributed by atoms with Gasteiger partial charge in [-0.3, -0.25) is 9.59 Å². The molecule has 1 N–H and O–H groups in total. The minimum absolute atomic E-state index is 0.00504. The summed E-state index contributed by atoms with van der Waals surface area (Å²) in [7, 11) is 0. The summed E-state index contributed by atoms with van der Waals surface area (Å²) in [6.45, 7) is 9.45. The number of ketones is 1. The number of rotatable bonds is 4. The van der Waals surface area contributed by atoms with Crippen LogP contribution in [0.15, 0.2) is 16.7 Å². The van der Waals surface area contributed by atoms with Gasteiger partial charge in [0.05, 0.1) is 18.4 Å². The van der Waals surface area contributed by atoms with Crippen LogP contribution < -0.4 is 5.32 Å². The Hall–Kier alpha value is -1.58. The van der Waals surface area contributed by atoms with E-state index < -0.39 is 5.41 Å². The predicted octanol–water partition coefficient (Wildman–Crippen LogP) is 2.75. The molecule has 0 aliphatic rings. The quantitative estimate of drug-likeness (QED) is 0.895. The van der Waals surface area contributed by atoms with Gasteiger partial charge in [0.15, 0.2) is 5.78 Å². The molecule has 4 heteroatoms. The number of furan rings is 1. The zero-order valence-electron chi connectivity index (χ0n) is 11.7. The van der Waals surface area contributed by atoms with Crippen LogP contribution >= 0.6 is 0 Å². The van der Waals surface area contributed by atoms with Crippen LogP contribution in [-0.2, 0) is 4.79 Å². The van der Waals surface area contributed by atoms with Crippen molar-refractivity contribution in [2.24, 2.45) is 5.41 Å². The standard InChI is InChI=1S/C14H21NO3/c1-9(2)12-10(6-7-18-12)13(17)15-8-11(16)14(3,4)5/h6-7,9H,8H2,1-5H3,(H,15,17). The Morgan fingerprint density at radius 2 is 1.94 bits per heavy atom. The average molecular weight is 251 g/mol. The van der Waals surface area contributed by atoms with Crippen LogP contribution in [0.4, 0.5) is 0 Å². The minimum atomic E-state index is -0.440.